The first-order valence-corrected chi connectivity index (χ1v) is 28.0. The third kappa shape index (κ3) is 15.8. The van der Waals surface area contributed by atoms with Gasteiger partial charge in [0.25, 0.3) is 0 Å². The van der Waals surface area contributed by atoms with Crippen LogP contribution in [0.25, 0.3) is 0 Å². The minimum Gasteiger partial charge on any atom is -0.453 e. The summed E-state index contributed by atoms with van der Waals surface area (Å²) in [6, 6.07) is 64.6. The summed E-state index contributed by atoms with van der Waals surface area (Å²) in [5.41, 5.74) is 4.70. The number of benzene rings is 7. The largest absolute Gasteiger partial charge is 0.453 e. The van der Waals surface area contributed by atoms with E-state index < -0.39 is 104 Å². The number of hydrogen-bond acceptors (Lipinski definition) is 16. The van der Waals surface area contributed by atoms with Crippen LogP contribution in [0.1, 0.15) is 62.4 Å². The second-order valence-electron chi connectivity index (χ2n) is 20.7. The van der Waals surface area contributed by atoms with E-state index in [1.165, 1.54) is 0 Å². The molecule has 0 saturated carbocycles. The van der Waals surface area contributed by atoms with Crippen LogP contribution in [0.5, 0.6) is 0 Å². The maximum atomic E-state index is 14.3. The van der Waals surface area contributed by atoms with Crippen molar-refractivity contribution in [1.29, 1.82) is 0 Å². The normalized spacial score (nSPS) is 28.0. The van der Waals surface area contributed by atoms with Gasteiger partial charge in [0.15, 0.2) is 31.1 Å². The lowest BCUT2D eigenvalue weighted by atomic mass is 9.95. The predicted molar refractivity (Wildman–Crippen MR) is 303 cm³/mol. The lowest BCUT2D eigenvalue weighted by Gasteiger charge is -2.50. The standard InChI is InChI=1S/C67H70O16/c1-44-55(80-63(69)51-34-20-8-21-35-51)54(68)58(73-39-47-26-12-4-13-27-47)66(77-44)83-60-56(81-64(70)52-36-22-9-23-37-52)45(2)78-67(62(60)76-42-50-32-18-7-19-33-50)82-57-53(43-72-38-46-24-10-3-11-25-46)79-65(71)61(75-41-49-30-16-6-17-31-49)59(57)74-40-48-28-14-5-15-29-48/h3-37,44-45,53-62,65-68,71H,38-43H2,1-2H3/t44-,45-,53-,54+,55-,56-,57-,58+,59+,60+,61-,62+,65-,66-,67+/m1/s1. The molecule has 3 aliphatic rings. The van der Waals surface area contributed by atoms with Gasteiger partial charge in [-0.2, -0.15) is 0 Å². The van der Waals surface area contributed by atoms with E-state index in [2.05, 4.69) is 0 Å². The summed E-state index contributed by atoms with van der Waals surface area (Å²) in [5, 5.41) is 24.5. The van der Waals surface area contributed by atoms with Crippen molar-refractivity contribution in [2.24, 2.45) is 0 Å². The Kier molecular flexibility index (Phi) is 21.0. The smallest absolute Gasteiger partial charge is 0.338 e. The van der Waals surface area contributed by atoms with Crippen LogP contribution in [-0.2, 0) is 89.9 Å². The molecule has 0 bridgehead atoms. The monoisotopic (exact) mass is 1130 g/mol. The number of aliphatic hydroxyl groups excluding tert-OH is 2. The number of hydrogen-bond donors (Lipinski definition) is 2. The molecule has 0 unspecified atom stereocenters. The highest BCUT2D eigenvalue weighted by atomic mass is 16.8. The van der Waals surface area contributed by atoms with Crippen molar-refractivity contribution < 1.29 is 76.6 Å². The molecule has 15 atom stereocenters. The Labute approximate surface area is 483 Å². The second kappa shape index (κ2) is 29.5. The van der Waals surface area contributed by atoms with E-state index in [0.717, 1.165) is 27.8 Å². The van der Waals surface area contributed by atoms with Crippen LogP contribution in [-0.4, -0.2) is 121 Å². The van der Waals surface area contributed by atoms with Crippen LogP contribution in [0, 0.1) is 0 Å². The highest BCUT2D eigenvalue weighted by Gasteiger charge is 2.57. The Hall–Kier alpha value is -7.00. The molecule has 2 N–H and O–H groups in total. The van der Waals surface area contributed by atoms with Gasteiger partial charge in [0.05, 0.1) is 63.0 Å². The van der Waals surface area contributed by atoms with Crippen LogP contribution in [0.4, 0.5) is 0 Å². The molecule has 0 amide bonds. The number of rotatable bonds is 24. The average Bonchev–Trinajstić information content (AvgIpc) is 3.71. The maximum Gasteiger partial charge on any atom is 0.338 e. The molecule has 83 heavy (non-hydrogen) atoms. The first-order valence-electron chi connectivity index (χ1n) is 28.0. The Morgan fingerprint density at radius 3 is 1.18 bits per heavy atom. The number of aliphatic hydroxyl groups is 2. The number of esters is 2. The fourth-order valence-corrected chi connectivity index (χ4v) is 10.4. The van der Waals surface area contributed by atoms with Crippen molar-refractivity contribution in [2.45, 2.75) is 139 Å². The quantitative estimate of drug-likeness (QED) is 0.0545. The SMILES string of the molecule is C[C@H]1O[C@H](O[C@@H]2[C@H](OCc3ccccc3)[C@H](O[C@H]3[C@H](OCc4ccccc4)[C@@H](OCc4ccccc4)[C@H](O)O[C@@H]3COCc3ccccc3)O[C@H](C)[C@H]2OC(=O)c2ccccc2)[C@@H](OCc2ccccc2)[C@@H](O)[C@@H]1OC(=O)c1ccccc1. The molecule has 16 heteroatoms. The zero-order valence-electron chi connectivity index (χ0n) is 46.2. The van der Waals surface area contributed by atoms with Gasteiger partial charge in [-0.1, -0.05) is 188 Å². The summed E-state index contributed by atoms with van der Waals surface area (Å²) in [7, 11) is 0. The van der Waals surface area contributed by atoms with E-state index in [1.807, 2.05) is 152 Å². The van der Waals surface area contributed by atoms with Crippen molar-refractivity contribution in [3.8, 4) is 0 Å². The summed E-state index contributed by atoms with van der Waals surface area (Å²) >= 11 is 0. The zero-order chi connectivity index (χ0) is 57.3. The third-order valence-corrected chi connectivity index (χ3v) is 14.7. The minimum absolute atomic E-state index is 0.00502. The van der Waals surface area contributed by atoms with Gasteiger partial charge in [-0.3, -0.25) is 0 Å². The van der Waals surface area contributed by atoms with Gasteiger partial charge < -0.3 is 67.1 Å². The lowest BCUT2D eigenvalue weighted by molar-refractivity contribution is -0.385. The molecule has 434 valence electrons. The van der Waals surface area contributed by atoms with Gasteiger partial charge in [-0.05, 0) is 65.9 Å². The number of carbonyl (C=O) groups excluding carboxylic acids is 2. The number of carbonyl (C=O) groups is 2. The molecular weight excluding hydrogens is 1060 g/mol. The van der Waals surface area contributed by atoms with Crippen molar-refractivity contribution in [3.63, 3.8) is 0 Å². The molecule has 0 spiro atoms. The Morgan fingerprint density at radius 1 is 0.373 bits per heavy atom. The highest BCUT2D eigenvalue weighted by molar-refractivity contribution is 5.90. The van der Waals surface area contributed by atoms with Gasteiger partial charge in [-0.25, -0.2) is 9.59 Å². The molecule has 3 saturated heterocycles. The summed E-state index contributed by atoms with van der Waals surface area (Å²) in [5.74, 6) is -1.35. The average molecular weight is 1130 g/mol. The predicted octanol–water partition coefficient (Wildman–Crippen LogP) is 9.33. The van der Waals surface area contributed by atoms with Gasteiger partial charge in [0.1, 0.15) is 48.8 Å². The highest BCUT2D eigenvalue weighted by Crippen LogP contribution is 2.38. The van der Waals surface area contributed by atoms with E-state index in [9.17, 15) is 19.8 Å². The summed E-state index contributed by atoms with van der Waals surface area (Å²) in [6.45, 7) is 3.68. The maximum absolute atomic E-state index is 14.3. The van der Waals surface area contributed by atoms with Gasteiger partial charge >= 0.3 is 11.9 Å². The van der Waals surface area contributed by atoms with E-state index in [1.54, 1.807) is 74.5 Å². The van der Waals surface area contributed by atoms with Crippen LogP contribution >= 0.6 is 0 Å². The van der Waals surface area contributed by atoms with E-state index in [-0.39, 0.29) is 50.8 Å². The van der Waals surface area contributed by atoms with Crippen LogP contribution in [0.3, 0.4) is 0 Å². The Balaban J connectivity index is 1.04. The minimum atomic E-state index is -1.52. The Morgan fingerprint density at radius 2 is 0.723 bits per heavy atom. The molecule has 10 rings (SSSR count). The van der Waals surface area contributed by atoms with Gasteiger partial charge in [0.2, 0.25) is 0 Å². The first kappa shape index (κ1) is 59.2. The van der Waals surface area contributed by atoms with E-state index >= 15 is 0 Å². The van der Waals surface area contributed by atoms with Gasteiger partial charge in [-0.15, -0.1) is 0 Å². The molecule has 0 aliphatic carbocycles. The molecule has 3 heterocycles. The van der Waals surface area contributed by atoms with Crippen LogP contribution < -0.4 is 0 Å². The summed E-state index contributed by atoms with van der Waals surface area (Å²) in [4.78, 5) is 28.0. The Bertz CT molecular complexity index is 3020. The molecule has 0 radical (unpaired) electrons. The third-order valence-electron chi connectivity index (χ3n) is 14.7. The first-order chi connectivity index (χ1) is 40.6. The van der Waals surface area contributed by atoms with E-state index in [0.29, 0.717) is 0 Å². The van der Waals surface area contributed by atoms with Gasteiger partial charge in [0, 0.05) is 0 Å². The van der Waals surface area contributed by atoms with Crippen molar-refractivity contribution in [1.82, 2.24) is 0 Å². The molecular formula is C67H70O16. The molecule has 16 nitrogen and oxygen atoms in total. The second-order valence-corrected chi connectivity index (χ2v) is 20.7. The van der Waals surface area contributed by atoms with Crippen molar-refractivity contribution in [3.05, 3.63) is 251 Å². The fourth-order valence-electron chi connectivity index (χ4n) is 10.4. The molecule has 7 aromatic rings. The van der Waals surface area contributed by atoms with Crippen molar-refractivity contribution in [2.75, 3.05) is 6.61 Å². The zero-order valence-corrected chi connectivity index (χ0v) is 46.2. The lowest BCUT2D eigenvalue weighted by Crippen LogP contribution is -2.67. The van der Waals surface area contributed by atoms with Crippen LogP contribution in [0.2, 0.25) is 0 Å². The summed E-state index contributed by atoms with van der Waals surface area (Å²) in [6.07, 6.45) is -18.6. The molecule has 3 aliphatic heterocycles. The topological polar surface area (TPSA) is 185 Å². The molecule has 7 aromatic carbocycles. The van der Waals surface area contributed by atoms with Crippen LogP contribution in [0.15, 0.2) is 212 Å². The van der Waals surface area contributed by atoms with Crippen molar-refractivity contribution >= 4 is 11.9 Å². The summed E-state index contributed by atoms with van der Waals surface area (Å²) < 4.78 is 80.5. The van der Waals surface area contributed by atoms with E-state index in [4.69, 9.17) is 56.8 Å². The molecule has 0 aromatic heterocycles. The number of ether oxygens (including phenoxy) is 12. The fraction of sp³-hybridized carbons (Fsp3) is 0.343. The molecule has 3 fully saturated rings.